The van der Waals surface area contributed by atoms with Crippen molar-refractivity contribution in [3.8, 4) is 0 Å². The lowest BCUT2D eigenvalue weighted by molar-refractivity contribution is -0.191. The maximum atomic E-state index is 14.0. The van der Waals surface area contributed by atoms with Crippen LogP contribution in [0.5, 0.6) is 0 Å². The van der Waals surface area contributed by atoms with Crippen LogP contribution in [0.2, 0.25) is 5.02 Å². The minimum Gasteiger partial charge on any atom is -0.465 e. The fourth-order valence-corrected chi connectivity index (χ4v) is 4.88. The molecule has 1 aliphatic carbocycles. The van der Waals surface area contributed by atoms with Gasteiger partial charge in [-0.05, 0) is 54.7 Å². The maximum absolute atomic E-state index is 14.0. The van der Waals surface area contributed by atoms with Gasteiger partial charge in [-0.1, -0.05) is 17.7 Å². The third-order valence-electron chi connectivity index (χ3n) is 6.29. The first-order chi connectivity index (χ1) is 16.5. The zero-order valence-electron chi connectivity index (χ0n) is 18.6. The van der Waals surface area contributed by atoms with Crippen molar-refractivity contribution in [1.29, 1.82) is 0 Å². The van der Waals surface area contributed by atoms with E-state index in [0.717, 1.165) is 24.6 Å². The molecule has 3 atom stereocenters. The highest BCUT2D eigenvalue weighted by atomic mass is 35.5. The van der Waals surface area contributed by atoms with E-state index in [0.29, 0.717) is 26.9 Å². The van der Waals surface area contributed by atoms with E-state index in [-0.39, 0.29) is 18.9 Å². The van der Waals surface area contributed by atoms with Crippen LogP contribution in [0.3, 0.4) is 0 Å². The molecule has 8 nitrogen and oxygen atoms in total. The molecule has 0 bridgehead atoms. The van der Waals surface area contributed by atoms with Gasteiger partial charge >= 0.3 is 12.3 Å². The number of pyridine rings is 1. The van der Waals surface area contributed by atoms with Crippen molar-refractivity contribution in [3.05, 3.63) is 58.4 Å². The molecule has 186 valence electrons. The Hall–Kier alpha value is -3.34. The Bertz CT molecular complexity index is 1160. The second-order valence-electron chi connectivity index (χ2n) is 8.63. The number of anilines is 1. The predicted molar refractivity (Wildman–Crippen MR) is 120 cm³/mol. The topological polar surface area (TPSA) is 103 Å². The van der Waals surface area contributed by atoms with Crippen molar-refractivity contribution >= 4 is 35.2 Å². The van der Waals surface area contributed by atoms with Gasteiger partial charge in [0.15, 0.2) is 6.04 Å². The van der Waals surface area contributed by atoms with Gasteiger partial charge in [-0.25, -0.2) is 9.69 Å². The fourth-order valence-electron chi connectivity index (χ4n) is 4.68. The summed E-state index contributed by atoms with van der Waals surface area (Å²) in [5, 5.41) is 13.1. The van der Waals surface area contributed by atoms with Gasteiger partial charge in [-0.2, -0.15) is 13.2 Å². The quantitative estimate of drug-likeness (QED) is 0.629. The molecule has 1 aromatic carbocycles. The summed E-state index contributed by atoms with van der Waals surface area (Å²) < 4.78 is 42.0. The number of carboxylic acid groups (broad SMARTS) is 1. The number of hydrogen-bond acceptors (Lipinski definition) is 5. The lowest BCUT2D eigenvalue weighted by atomic mass is 10.1. The summed E-state index contributed by atoms with van der Waals surface area (Å²) in [6, 6.07) is 4.40. The third kappa shape index (κ3) is 5.04. The van der Waals surface area contributed by atoms with E-state index >= 15 is 0 Å². The first-order valence-electron chi connectivity index (χ1n) is 10.8. The van der Waals surface area contributed by atoms with Crippen LogP contribution >= 0.6 is 11.6 Å². The van der Waals surface area contributed by atoms with Gasteiger partial charge in [-0.3, -0.25) is 14.6 Å². The Morgan fingerprint density at radius 1 is 1.23 bits per heavy atom. The van der Waals surface area contributed by atoms with Crippen LogP contribution in [0.1, 0.15) is 35.7 Å². The molecule has 1 saturated heterocycles. The number of carbonyl (C=O) groups excluding carboxylic acids is 2. The zero-order valence-corrected chi connectivity index (χ0v) is 19.3. The number of hydrogen-bond donors (Lipinski definition) is 2. The van der Waals surface area contributed by atoms with Crippen molar-refractivity contribution in [2.45, 2.75) is 50.0 Å². The number of nitrogens with zero attached hydrogens (tertiary/aromatic N) is 3. The van der Waals surface area contributed by atoms with Crippen LogP contribution in [-0.2, 0) is 22.4 Å². The number of aromatic nitrogens is 1. The van der Waals surface area contributed by atoms with Crippen LogP contribution in [0, 0.1) is 0 Å². The number of fused-ring (bicyclic) bond motifs is 1. The maximum Gasteiger partial charge on any atom is 0.414 e. The molecule has 2 N–H and O–H groups in total. The first kappa shape index (κ1) is 24.8. The highest BCUT2D eigenvalue weighted by molar-refractivity contribution is 6.30. The summed E-state index contributed by atoms with van der Waals surface area (Å²) in [5.74, 6) is -1.94. The number of benzene rings is 1. The normalized spacial score (nSPS) is 20.5. The molecule has 1 aromatic heterocycles. The van der Waals surface area contributed by atoms with Gasteiger partial charge < -0.3 is 15.3 Å². The molecule has 1 fully saturated rings. The van der Waals surface area contributed by atoms with Gasteiger partial charge in [0.05, 0.1) is 17.6 Å². The molecular weight excluding hydrogens is 489 g/mol. The minimum atomic E-state index is -4.88. The summed E-state index contributed by atoms with van der Waals surface area (Å²) in [4.78, 5) is 40.6. The summed E-state index contributed by atoms with van der Waals surface area (Å²) in [6.45, 7) is 0. The number of rotatable bonds is 5. The van der Waals surface area contributed by atoms with Gasteiger partial charge in [0.1, 0.15) is 6.04 Å². The van der Waals surface area contributed by atoms with E-state index in [1.54, 1.807) is 0 Å². The summed E-state index contributed by atoms with van der Waals surface area (Å²) >= 11 is 6.04. The summed E-state index contributed by atoms with van der Waals surface area (Å²) in [5.41, 5.74) is 2.35. The number of amides is 3. The molecule has 1 unspecified atom stereocenters. The summed E-state index contributed by atoms with van der Waals surface area (Å²) in [7, 11) is 0.929. The summed E-state index contributed by atoms with van der Waals surface area (Å²) in [6.07, 6.45) is -4.25. The highest BCUT2D eigenvalue weighted by Crippen LogP contribution is 2.38. The molecule has 1 aliphatic heterocycles. The predicted octanol–water partition coefficient (Wildman–Crippen LogP) is 4.05. The monoisotopic (exact) mass is 510 g/mol. The first-order valence-corrected chi connectivity index (χ1v) is 11.2. The second kappa shape index (κ2) is 9.37. The average Bonchev–Trinajstić information content (AvgIpc) is 3.35. The molecule has 4 rings (SSSR count). The molecule has 2 aliphatic rings. The van der Waals surface area contributed by atoms with Crippen LogP contribution in [-0.4, -0.2) is 63.1 Å². The number of likely N-dealkylation sites (tertiary alicyclic amines) is 1. The number of halogens is 4. The Morgan fingerprint density at radius 3 is 2.57 bits per heavy atom. The van der Waals surface area contributed by atoms with Gasteiger partial charge in [0.25, 0.3) is 0 Å². The number of likely N-dealkylation sites (N-methyl/N-ethyl adjacent to an activating group) is 1. The number of carbonyl (C=O) groups is 3. The Labute approximate surface area is 203 Å². The van der Waals surface area contributed by atoms with Crippen molar-refractivity contribution < 1.29 is 32.7 Å². The van der Waals surface area contributed by atoms with E-state index in [9.17, 15) is 32.7 Å². The van der Waals surface area contributed by atoms with E-state index in [1.165, 1.54) is 18.3 Å². The zero-order chi connectivity index (χ0) is 25.5. The van der Waals surface area contributed by atoms with Crippen LogP contribution in [0.25, 0.3) is 0 Å². The van der Waals surface area contributed by atoms with Crippen LogP contribution in [0.4, 0.5) is 23.7 Å². The number of nitrogens with one attached hydrogen (secondary N) is 1. The van der Waals surface area contributed by atoms with E-state index in [1.807, 2.05) is 18.2 Å². The number of alkyl halides is 3. The molecule has 35 heavy (non-hydrogen) atoms. The lowest BCUT2D eigenvalue weighted by Gasteiger charge is -2.32. The van der Waals surface area contributed by atoms with Crippen molar-refractivity contribution in [2.24, 2.45) is 0 Å². The Kier molecular flexibility index (Phi) is 6.63. The van der Waals surface area contributed by atoms with Gasteiger partial charge in [-0.15, -0.1) is 0 Å². The van der Waals surface area contributed by atoms with E-state index < -0.39 is 41.9 Å². The van der Waals surface area contributed by atoms with Crippen LogP contribution < -0.4 is 5.32 Å². The molecule has 2 aromatic rings. The molecule has 2 heterocycles. The molecule has 0 spiro atoms. The van der Waals surface area contributed by atoms with Crippen molar-refractivity contribution in [2.75, 3.05) is 12.4 Å². The van der Waals surface area contributed by atoms with E-state index in [2.05, 4.69) is 10.3 Å². The van der Waals surface area contributed by atoms with Gasteiger partial charge in [0.2, 0.25) is 11.8 Å². The van der Waals surface area contributed by atoms with Crippen molar-refractivity contribution in [3.63, 3.8) is 0 Å². The fraction of sp³-hybridized carbons (Fsp3) is 0.391. The molecule has 12 heteroatoms. The van der Waals surface area contributed by atoms with Crippen molar-refractivity contribution in [1.82, 2.24) is 14.8 Å². The lowest BCUT2D eigenvalue weighted by Crippen LogP contribution is -2.50. The van der Waals surface area contributed by atoms with Gasteiger partial charge in [0, 0.05) is 24.5 Å². The molecule has 3 amide bonds. The van der Waals surface area contributed by atoms with Crippen LogP contribution in [0.15, 0.2) is 36.5 Å². The SMILES string of the molecule is CN(C(=O)[C@@H]1CCC(=O)N1C(=O)O)C(c1ccc(N[C@H]2Cc3ccc(Cl)cc3C2)cn1)C(F)(F)F. The molecule has 0 saturated carbocycles. The minimum absolute atomic E-state index is 0.0284. The highest BCUT2D eigenvalue weighted by Gasteiger charge is 2.50. The van der Waals surface area contributed by atoms with E-state index in [4.69, 9.17) is 11.6 Å². The number of imide groups is 1. The smallest absolute Gasteiger partial charge is 0.414 e. The third-order valence-corrected chi connectivity index (χ3v) is 6.52. The average molecular weight is 511 g/mol. The molecular formula is C23H22ClF3N4O4. The Morgan fingerprint density at radius 2 is 1.94 bits per heavy atom. The Balaban J connectivity index is 1.49. The second-order valence-corrected chi connectivity index (χ2v) is 9.06. The standard InChI is InChI=1S/C23H22ClF3N4O4/c1-30(21(33)18-6-7-19(32)31(18)22(34)35)20(23(25,26)27)17-5-4-15(11-28-17)29-16-9-12-2-3-14(24)8-13(12)10-16/h2-5,8,11,16,18,20,29H,6-7,9-10H2,1H3,(H,34,35)/t16-,18-,20?/m0/s1. The molecule has 0 radical (unpaired) electrons. The largest absolute Gasteiger partial charge is 0.465 e.